The van der Waals surface area contributed by atoms with Crippen molar-refractivity contribution in [1.29, 1.82) is 0 Å². The molecule has 1 aliphatic heterocycles. The maximum atomic E-state index is 12.5. The Morgan fingerprint density at radius 3 is 2.91 bits per heavy atom. The van der Waals surface area contributed by atoms with Crippen LogP contribution >= 0.6 is 0 Å². The van der Waals surface area contributed by atoms with E-state index >= 15 is 0 Å². The minimum atomic E-state index is 0.170. The van der Waals surface area contributed by atoms with Crippen LogP contribution < -0.4 is 10.6 Å². The monoisotopic (exact) mass is 296 g/mol. The molecule has 1 saturated carbocycles. The maximum Gasteiger partial charge on any atom is 0.228 e. The Hall–Kier alpha value is -2.14. The van der Waals surface area contributed by atoms with Crippen LogP contribution in [0.15, 0.2) is 36.5 Å². The van der Waals surface area contributed by atoms with Crippen LogP contribution in [0, 0.1) is 11.3 Å². The number of hydrogen-bond donors (Lipinski definition) is 3. The van der Waals surface area contributed by atoms with Gasteiger partial charge in [-0.2, -0.15) is 5.10 Å². The molecule has 1 aromatic heterocycles. The lowest BCUT2D eigenvalue weighted by molar-refractivity contribution is -0.118. The molecular weight excluding hydrogens is 276 g/mol. The molecule has 1 amide bonds. The predicted octanol–water partition coefficient (Wildman–Crippen LogP) is 2.40. The fourth-order valence-corrected chi connectivity index (χ4v) is 3.61. The summed E-state index contributed by atoms with van der Waals surface area (Å²) in [7, 11) is 0. The van der Waals surface area contributed by atoms with Gasteiger partial charge in [0.25, 0.3) is 0 Å². The van der Waals surface area contributed by atoms with Gasteiger partial charge in [-0.1, -0.05) is 12.1 Å². The molecule has 1 aliphatic carbocycles. The fraction of sp³-hybridized carbons (Fsp3) is 0.412. The number of nitrogens with zero attached hydrogens (tertiary/aromatic N) is 1. The molecule has 0 bridgehead atoms. The van der Waals surface area contributed by atoms with E-state index in [0.29, 0.717) is 0 Å². The standard InChI is InChI=1S/C17H20N4O/c22-16(14-11-17(14)5-8-18-9-6-17)20-13-3-1-2-12(10-13)15-4-7-19-21-15/h1-4,7,10,14,18H,5-6,8-9,11H2,(H,19,21)(H,20,22). The summed E-state index contributed by atoms with van der Waals surface area (Å²) in [6, 6.07) is 9.82. The second kappa shape index (κ2) is 5.25. The summed E-state index contributed by atoms with van der Waals surface area (Å²) in [6.07, 6.45) is 5.02. The molecule has 2 aromatic rings. The van der Waals surface area contributed by atoms with E-state index in [2.05, 4.69) is 20.8 Å². The van der Waals surface area contributed by atoms with E-state index in [1.54, 1.807) is 6.20 Å². The van der Waals surface area contributed by atoms with Gasteiger partial charge in [0.05, 0.1) is 5.69 Å². The van der Waals surface area contributed by atoms with Gasteiger partial charge in [0.15, 0.2) is 0 Å². The molecule has 2 aliphatic rings. The number of amides is 1. The highest BCUT2D eigenvalue weighted by Gasteiger charge is 2.57. The van der Waals surface area contributed by atoms with Gasteiger partial charge in [0, 0.05) is 23.4 Å². The first-order chi connectivity index (χ1) is 10.8. The third-order valence-corrected chi connectivity index (χ3v) is 5.05. The topological polar surface area (TPSA) is 69.8 Å². The molecule has 22 heavy (non-hydrogen) atoms. The van der Waals surface area contributed by atoms with Crippen LogP contribution in [-0.2, 0) is 4.79 Å². The summed E-state index contributed by atoms with van der Waals surface area (Å²) >= 11 is 0. The quantitative estimate of drug-likeness (QED) is 0.814. The van der Waals surface area contributed by atoms with Gasteiger partial charge in [-0.05, 0) is 56.0 Å². The normalized spacial score (nSPS) is 22.5. The molecule has 1 atom stereocenters. The third-order valence-electron chi connectivity index (χ3n) is 5.05. The van der Waals surface area contributed by atoms with Gasteiger partial charge in [0.2, 0.25) is 5.91 Å². The van der Waals surface area contributed by atoms with E-state index in [1.165, 1.54) is 0 Å². The second-order valence-corrected chi connectivity index (χ2v) is 6.41. The first kappa shape index (κ1) is 13.5. The average Bonchev–Trinajstić information content (AvgIpc) is 3.00. The van der Waals surface area contributed by atoms with Crippen molar-refractivity contribution >= 4 is 11.6 Å². The zero-order chi connectivity index (χ0) is 15.0. The number of anilines is 1. The van der Waals surface area contributed by atoms with Gasteiger partial charge < -0.3 is 10.6 Å². The van der Waals surface area contributed by atoms with Gasteiger partial charge in [0.1, 0.15) is 0 Å². The molecule has 3 N–H and O–H groups in total. The minimum Gasteiger partial charge on any atom is -0.326 e. The Morgan fingerprint density at radius 1 is 1.27 bits per heavy atom. The van der Waals surface area contributed by atoms with Gasteiger partial charge in [-0.3, -0.25) is 9.89 Å². The predicted molar refractivity (Wildman–Crippen MR) is 85.3 cm³/mol. The summed E-state index contributed by atoms with van der Waals surface area (Å²) in [5, 5.41) is 13.4. The highest BCUT2D eigenvalue weighted by Crippen LogP contribution is 2.58. The Kier molecular flexibility index (Phi) is 3.22. The smallest absolute Gasteiger partial charge is 0.228 e. The molecule has 1 aromatic carbocycles. The number of aromatic nitrogens is 2. The Labute approximate surface area is 129 Å². The summed E-state index contributed by atoms with van der Waals surface area (Å²) in [4.78, 5) is 12.5. The molecule has 0 radical (unpaired) electrons. The molecule has 4 rings (SSSR count). The molecule has 2 fully saturated rings. The number of nitrogens with one attached hydrogen (secondary N) is 3. The maximum absolute atomic E-state index is 12.5. The lowest BCUT2D eigenvalue weighted by Gasteiger charge is -2.23. The number of hydrogen-bond acceptors (Lipinski definition) is 3. The van der Waals surface area contributed by atoms with Crippen LogP contribution in [0.4, 0.5) is 5.69 Å². The Bertz CT molecular complexity index is 674. The van der Waals surface area contributed by atoms with Crippen LogP contribution in [0.3, 0.4) is 0 Å². The number of H-pyrrole nitrogens is 1. The van der Waals surface area contributed by atoms with Crippen molar-refractivity contribution in [3.8, 4) is 11.3 Å². The molecule has 5 nitrogen and oxygen atoms in total. The first-order valence-corrected chi connectivity index (χ1v) is 7.88. The minimum absolute atomic E-state index is 0.170. The van der Waals surface area contributed by atoms with E-state index < -0.39 is 0 Å². The summed E-state index contributed by atoms with van der Waals surface area (Å²) < 4.78 is 0. The van der Waals surface area contributed by atoms with Crippen molar-refractivity contribution in [3.05, 3.63) is 36.5 Å². The van der Waals surface area contributed by atoms with Crippen molar-refractivity contribution in [2.24, 2.45) is 11.3 Å². The number of carbonyl (C=O) groups excluding carboxylic acids is 1. The van der Waals surface area contributed by atoms with Crippen LogP contribution in [0.5, 0.6) is 0 Å². The summed E-state index contributed by atoms with van der Waals surface area (Å²) in [5.74, 6) is 0.356. The zero-order valence-electron chi connectivity index (χ0n) is 12.4. The Morgan fingerprint density at radius 2 is 2.14 bits per heavy atom. The number of benzene rings is 1. The largest absolute Gasteiger partial charge is 0.326 e. The van der Waals surface area contributed by atoms with E-state index in [1.807, 2.05) is 30.3 Å². The van der Waals surface area contributed by atoms with Gasteiger partial charge in [-0.25, -0.2) is 0 Å². The van der Waals surface area contributed by atoms with E-state index in [-0.39, 0.29) is 17.2 Å². The van der Waals surface area contributed by atoms with Crippen molar-refractivity contribution < 1.29 is 4.79 Å². The Balaban J connectivity index is 1.45. The van der Waals surface area contributed by atoms with Crippen LogP contribution in [0.1, 0.15) is 19.3 Å². The van der Waals surface area contributed by atoms with Crippen molar-refractivity contribution in [3.63, 3.8) is 0 Å². The van der Waals surface area contributed by atoms with Crippen molar-refractivity contribution in [1.82, 2.24) is 15.5 Å². The lowest BCUT2D eigenvalue weighted by atomic mass is 9.92. The summed E-state index contributed by atoms with van der Waals surface area (Å²) in [5.41, 5.74) is 3.11. The molecule has 5 heteroatoms. The highest BCUT2D eigenvalue weighted by molar-refractivity contribution is 5.95. The van der Waals surface area contributed by atoms with Crippen molar-refractivity contribution in [2.75, 3.05) is 18.4 Å². The second-order valence-electron chi connectivity index (χ2n) is 6.41. The van der Waals surface area contributed by atoms with E-state index in [0.717, 1.165) is 49.3 Å². The highest BCUT2D eigenvalue weighted by atomic mass is 16.2. The third kappa shape index (κ3) is 2.41. The van der Waals surface area contributed by atoms with Crippen LogP contribution in [0.2, 0.25) is 0 Å². The van der Waals surface area contributed by atoms with Crippen molar-refractivity contribution in [2.45, 2.75) is 19.3 Å². The van der Waals surface area contributed by atoms with Gasteiger partial charge in [-0.15, -0.1) is 0 Å². The van der Waals surface area contributed by atoms with Gasteiger partial charge >= 0.3 is 0 Å². The van der Waals surface area contributed by atoms with E-state index in [9.17, 15) is 4.79 Å². The number of piperidine rings is 1. The molecular formula is C17H20N4O. The van der Waals surface area contributed by atoms with E-state index in [4.69, 9.17) is 0 Å². The number of rotatable bonds is 3. The molecule has 1 saturated heterocycles. The number of aromatic amines is 1. The number of carbonyl (C=O) groups is 1. The average molecular weight is 296 g/mol. The fourth-order valence-electron chi connectivity index (χ4n) is 3.61. The first-order valence-electron chi connectivity index (χ1n) is 7.88. The molecule has 1 spiro atoms. The molecule has 2 heterocycles. The summed E-state index contributed by atoms with van der Waals surface area (Å²) in [6.45, 7) is 2.08. The van der Waals surface area contributed by atoms with Crippen LogP contribution in [-0.4, -0.2) is 29.2 Å². The zero-order valence-corrected chi connectivity index (χ0v) is 12.4. The molecule has 1 unspecified atom stereocenters. The molecule has 114 valence electrons. The lowest BCUT2D eigenvalue weighted by Crippen LogP contribution is -2.31. The SMILES string of the molecule is O=C(Nc1cccc(-c2ccn[nH]2)c1)C1CC12CCNCC2. The van der Waals surface area contributed by atoms with Crippen LogP contribution in [0.25, 0.3) is 11.3 Å².